The van der Waals surface area contributed by atoms with Crippen molar-refractivity contribution in [2.45, 2.75) is 68.1 Å². The van der Waals surface area contributed by atoms with Gasteiger partial charge in [0.1, 0.15) is 5.75 Å². The number of aryl methyl sites for hydroxylation is 1. The lowest BCUT2D eigenvalue weighted by Gasteiger charge is -2.45. The average Bonchev–Trinajstić information content (AvgIpc) is 3.27. The summed E-state index contributed by atoms with van der Waals surface area (Å²) < 4.78 is 64.3. The maximum Gasteiger partial charge on any atom is 0.281 e. The van der Waals surface area contributed by atoms with Crippen molar-refractivity contribution in [2.24, 2.45) is 11.8 Å². The SMILES string of the molecule is CN(C)S(=O)(=O)N1CCN(C(=O)C[C@@H]2CC/C=C\[C@H](O)[C@@H]3CC[C@H]3CN3C[C@@]4(CCCc5cc(Cl)ccc54)COc4ccc(cc43)C(=O)NS2(=O)=O)CC1. The summed E-state index contributed by atoms with van der Waals surface area (Å²) in [6.07, 6.45) is 7.32. The highest BCUT2D eigenvalue weighted by Crippen LogP contribution is 2.47. The van der Waals surface area contributed by atoms with Crippen LogP contribution in [-0.2, 0) is 36.9 Å². The molecule has 1 spiro atoms. The number of hydrogen-bond donors (Lipinski definition) is 2. The summed E-state index contributed by atoms with van der Waals surface area (Å²) in [7, 11) is -5.13. The number of amides is 2. The largest absolute Gasteiger partial charge is 0.490 e. The maximum atomic E-state index is 13.9. The predicted molar refractivity (Wildman–Crippen MR) is 206 cm³/mol. The van der Waals surface area contributed by atoms with Crippen LogP contribution in [0.25, 0.3) is 0 Å². The lowest BCUT2D eigenvalue weighted by Crippen LogP contribution is -2.53. The number of nitrogens with one attached hydrogen (secondary N) is 1. The molecule has 7 rings (SSSR count). The summed E-state index contributed by atoms with van der Waals surface area (Å²) in [6.45, 7) is 2.10. The molecule has 13 nitrogen and oxygen atoms in total. The maximum absolute atomic E-state index is 13.9. The standard InChI is InChI=1S/C38H50ClN5O8S2/c1-41(2)54(50,51)44-18-16-42(17-19-44)36(46)22-30-7-3-4-8-34(45)31-12-9-28(31)23-43-24-38(15-5-6-26-20-29(39)11-13-32(26)38)25-52-35-14-10-27(21-33(35)43)37(47)40-53(30,48)49/h4,8,10-11,13-14,20-21,28,30-31,34,45H,3,5-7,9,12,15-19,22-25H2,1-2H3,(H,40,47)/b8-4-/t28-,30-,31+,34-,38-/m0/s1. The molecule has 3 heterocycles. The van der Waals surface area contributed by atoms with Crippen molar-refractivity contribution >= 4 is 49.3 Å². The fourth-order valence-electron chi connectivity index (χ4n) is 8.83. The van der Waals surface area contributed by atoms with Crippen LogP contribution >= 0.6 is 11.6 Å². The van der Waals surface area contributed by atoms with Crippen LogP contribution < -0.4 is 14.4 Å². The van der Waals surface area contributed by atoms with Gasteiger partial charge in [0.15, 0.2) is 0 Å². The van der Waals surface area contributed by atoms with E-state index in [2.05, 4.69) is 15.7 Å². The number of aliphatic hydroxyl groups excluding tert-OH is 1. The number of hydrogen-bond acceptors (Lipinski definition) is 9. The molecular formula is C38H50ClN5O8S2. The van der Waals surface area contributed by atoms with E-state index in [1.165, 1.54) is 34.4 Å². The lowest BCUT2D eigenvalue weighted by molar-refractivity contribution is -0.132. The third-order valence-electron chi connectivity index (χ3n) is 12.1. The van der Waals surface area contributed by atoms with E-state index >= 15 is 0 Å². The van der Waals surface area contributed by atoms with E-state index in [1.807, 2.05) is 12.1 Å². The summed E-state index contributed by atoms with van der Waals surface area (Å²) >= 11 is 6.42. The number of anilines is 1. The molecular weight excluding hydrogens is 754 g/mol. The topological polar surface area (TPSA) is 157 Å². The highest BCUT2D eigenvalue weighted by Gasteiger charge is 2.44. The molecule has 2 N–H and O–H groups in total. The molecule has 0 radical (unpaired) electrons. The van der Waals surface area contributed by atoms with Gasteiger partial charge in [-0.1, -0.05) is 29.8 Å². The number of fused-ring (bicyclic) bond motifs is 4. The first-order valence-electron chi connectivity index (χ1n) is 18.8. The number of nitrogens with zero attached hydrogens (tertiary/aromatic N) is 4. The van der Waals surface area contributed by atoms with Gasteiger partial charge in [-0.3, -0.25) is 9.59 Å². The Kier molecular flexibility index (Phi) is 11.1. The van der Waals surface area contributed by atoms with Gasteiger partial charge in [-0.25, -0.2) is 13.1 Å². The van der Waals surface area contributed by atoms with Gasteiger partial charge in [0.2, 0.25) is 15.9 Å². The minimum absolute atomic E-state index is 0.0118. The number of allylic oxidation sites excluding steroid dienone is 1. The van der Waals surface area contributed by atoms with Gasteiger partial charge < -0.3 is 19.6 Å². The zero-order chi connectivity index (χ0) is 38.4. The Morgan fingerprint density at radius 2 is 1.87 bits per heavy atom. The van der Waals surface area contributed by atoms with Gasteiger partial charge in [-0.15, -0.1) is 0 Å². The first-order valence-corrected chi connectivity index (χ1v) is 22.2. The molecule has 1 saturated carbocycles. The quantitative estimate of drug-likeness (QED) is 0.443. The van der Waals surface area contributed by atoms with E-state index in [0.717, 1.165) is 36.4 Å². The van der Waals surface area contributed by atoms with Gasteiger partial charge in [0.05, 0.1) is 23.6 Å². The highest BCUT2D eigenvalue weighted by atomic mass is 35.5. The zero-order valence-electron chi connectivity index (χ0n) is 30.8. The van der Waals surface area contributed by atoms with Crippen LogP contribution in [0.2, 0.25) is 5.02 Å². The van der Waals surface area contributed by atoms with Crippen LogP contribution in [0.15, 0.2) is 48.6 Å². The number of ether oxygens (including phenoxy) is 1. The zero-order valence-corrected chi connectivity index (χ0v) is 33.2. The molecule has 3 aliphatic heterocycles. The number of halogens is 1. The molecule has 5 atom stereocenters. The normalized spacial score (nSPS) is 29.6. The fourth-order valence-corrected chi connectivity index (χ4v) is 11.5. The predicted octanol–water partition coefficient (Wildman–Crippen LogP) is 3.32. The van der Waals surface area contributed by atoms with Crippen LogP contribution in [0.3, 0.4) is 0 Å². The highest BCUT2D eigenvalue weighted by molar-refractivity contribution is 7.90. The minimum Gasteiger partial charge on any atom is -0.490 e. The Morgan fingerprint density at radius 1 is 1.09 bits per heavy atom. The molecule has 294 valence electrons. The lowest BCUT2D eigenvalue weighted by atomic mass is 9.68. The van der Waals surface area contributed by atoms with Gasteiger partial charge in [0.25, 0.3) is 16.1 Å². The van der Waals surface area contributed by atoms with Crippen molar-refractivity contribution in [3.63, 3.8) is 0 Å². The number of carbonyl (C=O) groups is 2. The van der Waals surface area contributed by atoms with Gasteiger partial charge in [-0.05, 0) is 98.2 Å². The van der Waals surface area contributed by atoms with Crippen molar-refractivity contribution in [2.75, 3.05) is 64.9 Å². The molecule has 2 aromatic rings. The monoisotopic (exact) mass is 803 g/mol. The van der Waals surface area contributed by atoms with Crippen LogP contribution in [0.5, 0.6) is 5.75 Å². The van der Waals surface area contributed by atoms with E-state index in [1.54, 1.807) is 30.4 Å². The first-order chi connectivity index (χ1) is 25.7. The summed E-state index contributed by atoms with van der Waals surface area (Å²) in [5, 5.41) is 10.8. The van der Waals surface area contributed by atoms with Crippen molar-refractivity contribution in [1.82, 2.24) is 18.2 Å². The third kappa shape index (κ3) is 7.77. The summed E-state index contributed by atoms with van der Waals surface area (Å²) in [5.41, 5.74) is 2.92. The van der Waals surface area contributed by atoms with E-state index in [4.69, 9.17) is 16.3 Å². The van der Waals surface area contributed by atoms with Crippen molar-refractivity contribution in [3.05, 3.63) is 70.3 Å². The minimum atomic E-state index is -4.36. The summed E-state index contributed by atoms with van der Waals surface area (Å²) in [5.74, 6) is -0.433. The molecule has 2 fully saturated rings. The van der Waals surface area contributed by atoms with Crippen molar-refractivity contribution in [1.29, 1.82) is 0 Å². The smallest absolute Gasteiger partial charge is 0.281 e. The second-order valence-electron chi connectivity index (χ2n) is 15.7. The second-order valence-corrected chi connectivity index (χ2v) is 20.2. The molecule has 0 aromatic heterocycles. The Hall–Kier alpha value is -3.21. The third-order valence-corrected chi connectivity index (χ3v) is 16.0. The van der Waals surface area contributed by atoms with E-state index in [-0.39, 0.29) is 68.3 Å². The van der Waals surface area contributed by atoms with Crippen molar-refractivity contribution in [3.8, 4) is 5.75 Å². The molecule has 16 heteroatoms. The Labute approximate surface area is 323 Å². The molecule has 2 amide bonds. The number of benzene rings is 2. The van der Waals surface area contributed by atoms with E-state index < -0.39 is 43.4 Å². The summed E-state index contributed by atoms with van der Waals surface area (Å²) in [6, 6.07) is 11.1. The molecule has 1 saturated heterocycles. The molecule has 2 aliphatic carbocycles. The Balaban J connectivity index is 1.16. The van der Waals surface area contributed by atoms with E-state index in [0.29, 0.717) is 36.2 Å². The molecule has 0 unspecified atom stereocenters. The van der Waals surface area contributed by atoms with Crippen LogP contribution in [0.1, 0.15) is 66.4 Å². The molecule has 2 bridgehead atoms. The first kappa shape index (κ1) is 39.0. The number of rotatable bonds is 4. The van der Waals surface area contributed by atoms with Crippen molar-refractivity contribution < 1.29 is 36.3 Å². The number of carbonyl (C=O) groups excluding carboxylic acids is 2. The van der Waals surface area contributed by atoms with Crippen LogP contribution in [-0.4, -0.2) is 119 Å². The van der Waals surface area contributed by atoms with Gasteiger partial charge in [0, 0.05) is 75.8 Å². The van der Waals surface area contributed by atoms with Crippen LogP contribution in [0.4, 0.5) is 5.69 Å². The molecule has 5 aliphatic rings. The number of aliphatic hydroxyl groups is 1. The molecule has 54 heavy (non-hydrogen) atoms. The summed E-state index contributed by atoms with van der Waals surface area (Å²) in [4.78, 5) is 31.1. The number of piperazine rings is 1. The van der Waals surface area contributed by atoms with Crippen LogP contribution in [0, 0.1) is 11.8 Å². The fraction of sp³-hybridized carbons (Fsp3) is 0.579. The number of sulfonamides is 1. The molecule has 2 aromatic carbocycles. The average molecular weight is 804 g/mol. The van der Waals surface area contributed by atoms with Gasteiger partial charge >= 0.3 is 0 Å². The Morgan fingerprint density at radius 3 is 2.59 bits per heavy atom. The Bertz CT molecular complexity index is 2020. The van der Waals surface area contributed by atoms with E-state index in [9.17, 15) is 31.5 Å². The van der Waals surface area contributed by atoms with Gasteiger partial charge in [-0.2, -0.15) is 17.0 Å². The second kappa shape index (κ2) is 15.4.